The lowest BCUT2D eigenvalue weighted by Crippen LogP contribution is -2.24. The zero-order chi connectivity index (χ0) is 15.1. The van der Waals surface area contributed by atoms with Crippen molar-refractivity contribution in [2.75, 3.05) is 6.54 Å². The number of benzene rings is 1. The van der Waals surface area contributed by atoms with Crippen molar-refractivity contribution in [1.82, 2.24) is 5.32 Å². The largest absolute Gasteiger partial charge is 0.351 e. The molecule has 0 aliphatic carbocycles. The molecule has 21 heavy (non-hydrogen) atoms. The van der Waals surface area contributed by atoms with Gasteiger partial charge in [0.25, 0.3) is 0 Å². The average molecular weight is 302 g/mol. The molecule has 3 N–H and O–H groups in total. The molecule has 0 saturated carbocycles. The quantitative estimate of drug-likeness (QED) is 0.849. The lowest BCUT2D eigenvalue weighted by atomic mass is 10.1. The summed E-state index contributed by atoms with van der Waals surface area (Å²) in [5.74, 6) is 5.16. The van der Waals surface area contributed by atoms with E-state index in [0.717, 1.165) is 9.75 Å². The highest BCUT2D eigenvalue weighted by Crippen LogP contribution is 2.15. The van der Waals surface area contributed by atoms with Gasteiger partial charge in [0.05, 0.1) is 24.4 Å². The van der Waals surface area contributed by atoms with Crippen molar-refractivity contribution < 1.29 is 9.18 Å². The SMILES string of the molecule is NCC#Cc1ccc(CNC(=O)Cc2ccccc2F)s1. The first-order valence-electron chi connectivity index (χ1n) is 6.47. The molecule has 0 bridgehead atoms. The summed E-state index contributed by atoms with van der Waals surface area (Å²) in [6.07, 6.45) is 0.0396. The van der Waals surface area contributed by atoms with Crippen LogP contribution in [0.3, 0.4) is 0 Å². The number of halogens is 1. The minimum Gasteiger partial charge on any atom is -0.351 e. The second-order valence-corrected chi connectivity index (χ2v) is 5.49. The fourth-order valence-corrected chi connectivity index (χ4v) is 2.56. The Morgan fingerprint density at radius 1 is 1.29 bits per heavy atom. The van der Waals surface area contributed by atoms with Crippen LogP contribution >= 0.6 is 11.3 Å². The Morgan fingerprint density at radius 3 is 2.86 bits per heavy atom. The van der Waals surface area contributed by atoms with E-state index in [4.69, 9.17) is 5.73 Å². The van der Waals surface area contributed by atoms with Crippen LogP contribution in [0.4, 0.5) is 4.39 Å². The van der Waals surface area contributed by atoms with Crippen LogP contribution in [0.2, 0.25) is 0 Å². The molecule has 1 aromatic heterocycles. The van der Waals surface area contributed by atoms with Gasteiger partial charge in [0.15, 0.2) is 0 Å². The molecule has 1 amide bonds. The predicted molar refractivity (Wildman–Crippen MR) is 82.2 cm³/mol. The van der Waals surface area contributed by atoms with Crippen molar-refractivity contribution >= 4 is 17.2 Å². The Morgan fingerprint density at radius 2 is 2.10 bits per heavy atom. The van der Waals surface area contributed by atoms with E-state index in [0.29, 0.717) is 18.7 Å². The fourth-order valence-electron chi connectivity index (χ4n) is 1.74. The zero-order valence-electron chi connectivity index (χ0n) is 11.4. The molecule has 1 aromatic carbocycles. The lowest BCUT2D eigenvalue weighted by molar-refractivity contribution is -0.120. The van der Waals surface area contributed by atoms with Crippen LogP contribution in [0, 0.1) is 17.7 Å². The normalized spacial score (nSPS) is 9.81. The molecule has 0 atom stereocenters. The number of hydrogen-bond donors (Lipinski definition) is 2. The van der Waals surface area contributed by atoms with Crippen molar-refractivity contribution in [2.24, 2.45) is 5.73 Å². The number of amides is 1. The third kappa shape index (κ3) is 4.71. The average Bonchev–Trinajstić information content (AvgIpc) is 2.93. The summed E-state index contributed by atoms with van der Waals surface area (Å²) >= 11 is 1.51. The van der Waals surface area contributed by atoms with E-state index in [1.807, 2.05) is 12.1 Å². The Bertz CT molecular complexity index is 685. The van der Waals surface area contributed by atoms with Gasteiger partial charge in [0, 0.05) is 4.88 Å². The molecule has 0 radical (unpaired) electrons. The number of nitrogens with two attached hydrogens (primary N) is 1. The summed E-state index contributed by atoms with van der Waals surface area (Å²) in [6.45, 7) is 0.745. The molecular weight excluding hydrogens is 287 g/mol. The monoisotopic (exact) mass is 302 g/mol. The van der Waals surface area contributed by atoms with E-state index in [9.17, 15) is 9.18 Å². The summed E-state index contributed by atoms with van der Waals surface area (Å²) in [5, 5.41) is 2.78. The van der Waals surface area contributed by atoms with Gasteiger partial charge in [-0.15, -0.1) is 11.3 Å². The highest BCUT2D eigenvalue weighted by molar-refractivity contribution is 7.12. The number of hydrogen-bond acceptors (Lipinski definition) is 3. The molecule has 0 unspecified atom stereocenters. The molecule has 0 aliphatic heterocycles. The van der Waals surface area contributed by atoms with Gasteiger partial charge in [-0.1, -0.05) is 30.0 Å². The van der Waals surface area contributed by atoms with E-state index >= 15 is 0 Å². The van der Waals surface area contributed by atoms with E-state index in [1.165, 1.54) is 17.4 Å². The second-order valence-electron chi connectivity index (χ2n) is 4.32. The van der Waals surface area contributed by atoms with E-state index in [-0.39, 0.29) is 18.1 Å². The zero-order valence-corrected chi connectivity index (χ0v) is 12.2. The van der Waals surface area contributed by atoms with Crippen molar-refractivity contribution in [3.8, 4) is 11.8 Å². The molecule has 2 rings (SSSR count). The summed E-state index contributed by atoms with van der Waals surface area (Å²) in [6, 6.07) is 10.1. The number of nitrogens with one attached hydrogen (secondary N) is 1. The minimum absolute atomic E-state index is 0.0396. The van der Waals surface area contributed by atoms with Crippen molar-refractivity contribution in [1.29, 1.82) is 0 Å². The fraction of sp³-hybridized carbons (Fsp3) is 0.188. The van der Waals surface area contributed by atoms with Crippen LogP contribution in [0.25, 0.3) is 0 Å². The van der Waals surface area contributed by atoms with Gasteiger partial charge in [-0.05, 0) is 23.8 Å². The number of rotatable bonds is 4. The summed E-state index contributed by atoms with van der Waals surface area (Å²) in [5.41, 5.74) is 5.71. The standard InChI is InChI=1S/C16H15FN2OS/c17-15-6-2-1-4-12(15)10-16(20)19-11-14-8-7-13(21-14)5-3-9-18/h1-2,4,6-8H,9-11,18H2,(H,19,20). The number of carbonyl (C=O) groups is 1. The Kier molecular flexibility index (Phi) is 5.50. The minimum atomic E-state index is -0.358. The Hall–Kier alpha value is -2.16. The molecule has 108 valence electrons. The molecule has 5 heteroatoms. The maximum absolute atomic E-state index is 13.4. The first-order chi connectivity index (χ1) is 10.2. The molecule has 0 fully saturated rings. The molecule has 0 saturated heterocycles. The van der Waals surface area contributed by atoms with Crippen molar-refractivity contribution in [3.63, 3.8) is 0 Å². The van der Waals surface area contributed by atoms with Gasteiger partial charge in [-0.25, -0.2) is 4.39 Å². The molecule has 0 spiro atoms. The van der Waals surface area contributed by atoms with Gasteiger partial charge in [-0.3, -0.25) is 4.79 Å². The first kappa shape index (κ1) is 15.2. The summed E-state index contributed by atoms with van der Waals surface area (Å²) < 4.78 is 13.4. The lowest BCUT2D eigenvalue weighted by Gasteiger charge is -2.04. The summed E-state index contributed by atoms with van der Waals surface area (Å²) in [4.78, 5) is 13.7. The van der Waals surface area contributed by atoms with Gasteiger partial charge >= 0.3 is 0 Å². The highest BCUT2D eigenvalue weighted by Gasteiger charge is 2.07. The van der Waals surface area contributed by atoms with Gasteiger partial charge in [0.1, 0.15) is 5.82 Å². The molecule has 3 nitrogen and oxygen atoms in total. The van der Waals surface area contributed by atoms with Gasteiger partial charge < -0.3 is 11.1 Å². The van der Waals surface area contributed by atoms with Gasteiger partial charge in [-0.2, -0.15) is 0 Å². The number of thiophene rings is 1. The van der Waals surface area contributed by atoms with Crippen molar-refractivity contribution in [2.45, 2.75) is 13.0 Å². The number of carbonyl (C=O) groups excluding carboxylic acids is 1. The smallest absolute Gasteiger partial charge is 0.224 e. The van der Waals surface area contributed by atoms with Gasteiger partial charge in [0.2, 0.25) is 5.91 Å². The van der Waals surface area contributed by atoms with Crippen LogP contribution in [0.1, 0.15) is 15.3 Å². The Balaban J connectivity index is 1.87. The van der Waals surface area contributed by atoms with Crippen molar-refractivity contribution in [3.05, 3.63) is 57.5 Å². The molecule has 1 heterocycles. The maximum Gasteiger partial charge on any atom is 0.224 e. The predicted octanol–water partition coefficient (Wildman–Crippen LogP) is 2.06. The molecular formula is C16H15FN2OS. The first-order valence-corrected chi connectivity index (χ1v) is 7.28. The molecule has 2 aromatic rings. The Labute approximate surface area is 127 Å². The van der Waals surface area contributed by atoms with Crippen LogP contribution in [-0.4, -0.2) is 12.5 Å². The highest BCUT2D eigenvalue weighted by atomic mass is 32.1. The third-order valence-electron chi connectivity index (χ3n) is 2.74. The third-order valence-corrected chi connectivity index (χ3v) is 3.74. The summed E-state index contributed by atoms with van der Waals surface area (Å²) in [7, 11) is 0. The van der Waals surface area contributed by atoms with E-state index in [1.54, 1.807) is 18.2 Å². The maximum atomic E-state index is 13.4. The van der Waals surface area contributed by atoms with E-state index < -0.39 is 0 Å². The van der Waals surface area contributed by atoms with E-state index in [2.05, 4.69) is 17.2 Å². The van der Waals surface area contributed by atoms with Crippen LogP contribution in [-0.2, 0) is 17.8 Å². The topological polar surface area (TPSA) is 55.1 Å². The van der Waals surface area contributed by atoms with Crippen LogP contribution < -0.4 is 11.1 Å². The second kappa shape index (κ2) is 7.58. The van der Waals surface area contributed by atoms with Crippen LogP contribution in [0.5, 0.6) is 0 Å². The molecule has 0 aliphatic rings. The van der Waals surface area contributed by atoms with Crippen LogP contribution in [0.15, 0.2) is 36.4 Å².